The van der Waals surface area contributed by atoms with Gasteiger partial charge in [0.15, 0.2) is 5.76 Å². The molecule has 1 aliphatic rings. The van der Waals surface area contributed by atoms with Crippen LogP contribution in [0, 0.1) is 5.82 Å². The first-order valence-electron chi connectivity index (χ1n) is 10.4. The van der Waals surface area contributed by atoms with Crippen LogP contribution in [-0.2, 0) is 14.8 Å². The Kier molecular flexibility index (Phi) is 6.77. The van der Waals surface area contributed by atoms with Gasteiger partial charge >= 0.3 is 0 Å². The number of morpholine rings is 1. The molecule has 0 bridgehead atoms. The van der Waals surface area contributed by atoms with Gasteiger partial charge in [-0.1, -0.05) is 12.1 Å². The van der Waals surface area contributed by atoms with Crippen LogP contribution in [-0.4, -0.2) is 51.5 Å². The van der Waals surface area contributed by atoms with Gasteiger partial charge in [0.2, 0.25) is 10.0 Å². The molecule has 1 fully saturated rings. The second-order valence-corrected chi connectivity index (χ2v) is 9.12. The summed E-state index contributed by atoms with van der Waals surface area (Å²) in [6.07, 6.45) is 0. The van der Waals surface area contributed by atoms with Crippen LogP contribution >= 0.6 is 0 Å². The Labute approximate surface area is 191 Å². The number of furan rings is 1. The third-order valence-electron chi connectivity index (χ3n) is 5.06. The molecular weight excluding hydrogens is 451 g/mol. The third kappa shape index (κ3) is 4.92. The zero-order valence-corrected chi connectivity index (χ0v) is 18.7. The molecule has 3 aromatic rings. The van der Waals surface area contributed by atoms with Crippen LogP contribution in [0.15, 0.2) is 63.9 Å². The lowest BCUT2D eigenvalue weighted by Gasteiger charge is -2.27. The predicted octanol–water partition coefficient (Wildman–Crippen LogP) is 3.76. The molecule has 0 spiro atoms. The van der Waals surface area contributed by atoms with Crippen LogP contribution in [0.5, 0.6) is 5.75 Å². The molecule has 2 aromatic carbocycles. The summed E-state index contributed by atoms with van der Waals surface area (Å²) in [5.41, 5.74) is 0.482. The topological polar surface area (TPSA) is 98.1 Å². The number of rotatable bonds is 7. The van der Waals surface area contributed by atoms with Crippen molar-refractivity contribution in [3.05, 3.63) is 66.2 Å². The molecule has 2 heterocycles. The number of hydrogen-bond acceptors (Lipinski definition) is 6. The average Bonchev–Trinajstić information content (AvgIpc) is 3.31. The maximum Gasteiger partial charge on any atom is 0.291 e. The Morgan fingerprint density at radius 3 is 2.61 bits per heavy atom. The van der Waals surface area contributed by atoms with Crippen molar-refractivity contribution in [2.45, 2.75) is 11.8 Å². The van der Waals surface area contributed by atoms with Crippen LogP contribution in [0.3, 0.4) is 0 Å². The van der Waals surface area contributed by atoms with Crippen LogP contribution in [0.2, 0.25) is 0 Å². The van der Waals surface area contributed by atoms with Crippen molar-refractivity contribution in [2.24, 2.45) is 0 Å². The highest BCUT2D eigenvalue weighted by atomic mass is 32.2. The quantitative estimate of drug-likeness (QED) is 0.560. The summed E-state index contributed by atoms with van der Waals surface area (Å²) < 4.78 is 58.0. The largest absolute Gasteiger partial charge is 0.492 e. The second kappa shape index (κ2) is 9.74. The molecule has 1 saturated heterocycles. The summed E-state index contributed by atoms with van der Waals surface area (Å²) in [5, 5.41) is 2.63. The van der Waals surface area contributed by atoms with E-state index in [0.717, 1.165) is 0 Å². The number of carbonyl (C=O) groups excluding carboxylic acids is 1. The third-order valence-corrected chi connectivity index (χ3v) is 6.98. The fourth-order valence-corrected chi connectivity index (χ4v) is 5.01. The SMILES string of the molecule is CCOc1ccc(NC(=O)c2ccc(-c3ccccc3F)o2)cc1S(=O)(=O)N1CCOCC1. The monoisotopic (exact) mass is 474 g/mol. The molecular formula is C23H23FN2O6S. The number of carbonyl (C=O) groups is 1. The average molecular weight is 475 g/mol. The number of hydrogen-bond donors (Lipinski definition) is 1. The second-order valence-electron chi connectivity index (χ2n) is 7.21. The number of nitrogens with zero attached hydrogens (tertiary/aromatic N) is 1. The van der Waals surface area contributed by atoms with E-state index in [1.54, 1.807) is 31.2 Å². The molecule has 1 N–H and O–H groups in total. The molecule has 1 aromatic heterocycles. The van der Waals surface area contributed by atoms with E-state index in [4.69, 9.17) is 13.9 Å². The van der Waals surface area contributed by atoms with E-state index in [-0.39, 0.29) is 53.1 Å². The van der Waals surface area contributed by atoms with Crippen LogP contribution in [0.1, 0.15) is 17.5 Å². The van der Waals surface area contributed by atoms with Crippen molar-refractivity contribution in [1.29, 1.82) is 0 Å². The highest BCUT2D eigenvalue weighted by Crippen LogP contribution is 2.31. The summed E-state index contributed by atoms with van der Waals surface area (Å²) >= 11 is 0. The summed E-state index contributed by atoms with van der Waals surface area (Å²) in [4.78, 5) is 12.7. The maximum atomic E-state index is 14.0. The summed E-state index contributed by atoms with van der Waals surface area (Å²) in [6.45, 7) is 3.11. The molecule has 0 aliphatic carbocycles. The summed E-state index contributed by atoms with van der Waals surface area (Å²) in [7, 11) is -3.86. The zero-order chi connectivity index (χ0) is 23.4. The minimum atomic E-state index is -3.86. The Morgan fingerprint density at radius 2 is 1.88 bits per heavy atom. The van der Waals surface area contributed by atoms with Crippen molar-refractivity contribution in [3.8, 4) is 17.1 Å². The van der Waals surface area contributed by atoms with Crippen LogP contribution in [0.4, 0.5) is 10.1 Å². The van der Waals surface area contributed by atoms with Gasteiger partial charge in [-0.2, -0.15) is 4.31 Å². The van der Waals surface area contributed by atoms with E-state index < -0.39 is 21.7 Å². The van der Waals surface area contributed by atoms with E-state index >= 15 is 0 Å². The number of nitrogens with one attached hydrogen (secondary N) is 1. The molecule has 1 aliphatic heterocycles. The molecule has 8 nitrogen and oxygen atoms in total. The molecule has 10 heteroatoms. The van der Waals surface area contributed by atoms with Crippen LogP contribution < -0.4 is 10.1 Å². The number of ether oxygens (including phenoxy) is 2. The van der Waals surface area contributed by atoms with Gasteiger partial charge in [0.25, 0.3) is 5.91 Å². The van der Waals surface area contributed by atoms with Gasteiger partial charge in [0.1, 0.15) is 22.2 Å². The van der Waals surface area contributed by atoms with Crippen molar-refractivity contribution in [2.75, 3.05) is 38.2 Å². The van der Waals surface area contributed by atoms with Crippen molar-refractivity contribution < 1.29 is 31.5 Å². The summed E-state index contributed by atoms with van der Waals surface area (Å²) in [6, 6.07) is 13.4. The fourth-order valence-electron chi connectivity index (χ4n) is 3.45. The highest BCUT2D eigenvalue weighted by molar-refractivity contribution is 7.89. The first-order valence-corrected chi connectivity index (χ1v) is 11.8. The first-order chi connectivity index (χ1) is 15.9. The zero-order valence-electron chi connectivity index (χ0n) is 17.9. The molecule has 4 rings (SSSR count). The number of amides is 1. The smallest absolute Gasteiger partial charge is 0.291 e. The van der Waals surface area contributed by atoms with Gasteiger partial charge in [0, 0.05) is 18.8 Å². The van der Waals surface area contributed by atoms with Gasteiger partial charge in [-0.25, -0.2) is 12.8 Å². The Morgan fingerprint density at radius 1 is 1.12 bits per heavy atom. The fraction of sp³-hybridized carbons (Fsp3) is 0.261. The highest BCUT2D eigenvalue weighted by Gasteiger charge is 2.30. The molecule has 0 radical (unpaired) electrons. The lowest BCUT2D eigenvalue weighted by Crippen LogP contribution is -2.40. The van der Waals surface area contributed by atoms with Crippen molar-refractivity contribution >= 4 is 21.6 Å². The molecule has 0 unspecified atom stereocenters. The van der Waals surface area contributed by atoms with Crippen molar-refractivity contribution in [3.63, 3.8) is 0 Å². The Hall–Kier alpha value is -3.21. The van der Waals surface area contributed by atoms with Gasteiger partial charge in [0.05, 0.1) is 25.4 Å². The van der Waals surface area contributed by atoms with Gasteiger partial charge in [-0.15, -0.1) is 0 Å². The maximum absolute atomic E-state index is 14.0. The molecule has 174 valence electrons. The minimum Gasteiger partial charge on any atom is -0.492 e. The van der Waals surface area contributed by atoms with E-state index in [0.29, 0.717) is 13.2 Å². The Bertz CT molecular complexity index is 1250. The molecule has 33 heavy (non-hydrogen) atoms. The predicted molar refractivity (Wildman–Crippen MR) is 119 cm³/mol. The minimum absolute atomic E-state index is 0.0419. The van der Waals surface area contributed by atoms with Gasteiger partial charge < -0.3 is 19.2 Å². The number of sulfonamides is 1. The number of anilines is 1. The van der Waals surface area contributed by atoms with E-state index in [9.17, 15) is 17.6 Å². The molecule has 0 atom stereocenters. The first kappa shape index (κ1) is 23.0. The molecule has 1 amide bonds. The van der Waals surface area contributed by atoms with Crippen molar-refractivity contribution in [1.82, 2.24) is 4.31 Å². The normalized spacial score (nSPS) is 14.7. The lowest BCUT2D eigenvalue weighted by molar-refractivity contribution is 0.0729. The van der Waals surface area contributed by atoms with E-state index in [1.165, 1.54) is 34.6 Å². The summed E-state index contributed by atoms with van der Waals surface area (Å²) in [5.74, 6) is -0.707. The van der Waals surface area contributed by atoms with Crippen LogP contribution in [0.25, 0.3) is 11.3 Å². The standard InChI is InChI=1S/C23H23FN2O6S/c1-2-31-20-8-7-16(15-22(20)33(28,29)26-11-13-30-14-12-26)25-23(27)21-10-9-19(32-21)17-5-3-4-6-18(17)24/h3-10,15H,2,11-14H2,1H3,(H,25,27). The van der Waals surface area contributed by atoms with Gasteiger partial charge in [-0.05, 0) is 49.4 Å². The number of benzene rings is 2. The number of halogens is 1. The molecule has 0 saturated carbocycles. The lowest BCUT2D eigenvalue weighted by atomic mass is 10.1. The van der Waals surface area contributed by atoms with E-state index in [2.05, 4.69) is 5.32 Å². The van der Waals surface area contributed by atoms with E-state index in [1.807, 2.05) is 0 Å². The Balaban J connectivity index is 1.59. The van der Waals surface area contributed by atoms with Gasteiger partial charge in [-0.3, -0.25) is 4.79 Å².